The fraction of sp³-hybridized carbons (Fsp3) is 0.812. The Morgan fingerprint density at radius 2 is 2.16 bits per heavy atom. The molecule has 1 aromatic heterocycles. The van der Waals surface area contributed by atoms with Gasteiger partial charge in [0.1, 0.15) is 0 Å². The van der Waals surface area contributed by atoms with E-state index in [0.29, 0.717) is 6.04 Å². The van der Waals surface area contributed by atoms with Crippen molar-refractivity contribution in [1.82, 2.24) is 15.1 Å². The molecule has 1 aromatic rings. The average molecular weight is 263 g/mol. The van der Waals surface area contributed by atoms with Crippen molar-refractivity contribution < 1.29 is 0 Å². The van der Waals surface area contributed by atoms with Gasteiger partial charge in [-0.3, -0.25) is 4.68 Å². The standard InChI is InChI=1S/C16H29N3/c1-3-10-17-13-14(4-2)12-15-9-11-19(18-15)16-7-5-6-8-16/h9,11,14,16-17H,3-8,10,12-13H2,1-2H3. The molecule has 108 valence electrons. The van der Waals surface area contributed by atoms with E-state index in [-0.39, 0.29) is 0 Å². The molecule has 3 nitrogen and oxygen atoms in total. The minimum atomic E-state index is 0.673. The number of nitrogens with zero attached hydrogens (tertiary/aromatic N) is 2. The molecule has 0 amide bonds. The summed E-state index contributed by atoms with van der Waals surface area (Å²) in [7, 11) is 0. The SMILES string of the molecule is CCCNCC(CC)Cc1ccn(C2CCCC2)n1. The first-order valence-corrected chi connectivity index (χ1v) is 8.08. The van der Waals surface area contributed by atoms with Crippen molar-refractivity contribution in [3.05, 3.63) is 18.0 Å². The molecule has 1 unspecified atom stereocenters. The lowest BCUT2D eigenvalue weighted by atomic mass is 10.0. The van der Waals surface area contributed by atoms with Crippen molar-refractivity contribution in [2.24, 2.45) is 5.92 Å². The molecule has 19 heavy (non-hydrogen) atoms. The Kier molecular flexibility index (Phi) is 5.90. The van der Waals surface area contributed by atoms with E-state index < -0.39 is 0 Å². The highest BCUT2D eigenvalue weighted by atomic mass is 15.3. The van der Waals surface area contributed by atoms with Gasteiger partial charge >= 0.3 is 0 Å². The van der Waals surface area contributed by atoms with E-state index >= 15 is 0 Å². The third-order valence-corrected chi connectivity index (χ3v) is 4.30. The number of nitrogens with one attached hydrogen (secondary N) is 1. The van der Waals surface area contributed by atoms with Gasteiger partial charge in [0.05, 0.1) is 11.7 Å². The Balaban J connectivity index is 1.83. The van der Waals surface area contributed by atoms with Gasteiger partial charge < -0.3 is 5.32 Å². The summed E-state index contributed by atoms with van der Waals surface area (Å²) < 4.78 is 2.22. The van der Waals surface area contributed by atoms with Crippen LogP contribution < -0.4 is 5.32 Å². The minimum absolute atomic E-state index is 0.673. The summed E-state index contributed by atoms with van der Waals surface area (Å²) in [5, 5.41) is 8.33. The van der Waals surface area contributed by atoms with Crippen LogP contribution in [0.4, 0.5) is 0 Å². The fourth-order valence-corrected chi connectivity index (χ4v) is 3.00. The van der Waals surface area contributed by atoms with Crippen LogP contribution in [0.2, 0.25) is 0 Å². The van der Waals surface area contributed by atoms with Crippen molar-refractivity contribution in [2.45, 2.75) is 64.8 Å². The molecule has 0 aliphatic heterocycles. The van der Waals surface area contributed by atoms with Crippen LogP contribution in [0.5, 0.6) is 0 Å². The quantitative estimate of drug-likeness (QED) is 0.727. The van der Waals surface area contributed by atoms with Gasteiger partial charge in [0.2, 0.25) is 0 Å². The van der Waals surface area contributed by atoms with Gasteiger partial charge in [0.25, 0.3) is 0 Å². The lowest BCUT2D eigenvalue weighted by molar-refractivity contribution is 0.437. The van der Waals surface area contributed by atoms with Gasteiger partial charge in [0.15, 0.2) is 0 Å². The molecule has 1 fully saturated rings. The second-order valence-corrected chi connectivity index (χ2v) is 5.91. The second kappa shape index (κ2) is 7.68. The number of hydrogen-bond acceptors (Lipinski definition) is 2. The summed E-state index contributed by atoms with van der Waals surface area (Å²) in [5.74, 6) is 0.721. The topological polar surface area (TPSA) is 29.9 Å². The molecule has 1 aliphatic carbocycles. The summed E-state index contributed by atoms with van der Waals surface area (Å²) in [6.07, 6.45) is 11.1. The van der Waals surface area contributed by atoms with Crippen molar-refractivity contribution in [2.75, 3.05) is 13.1 Å². The van der Waals surface area contributed by atoms with E-state index in [4.69, 9.17) is 5.10 Å². The molecule has 0 aromatic carbocycles. The Morgan fingerprint density at radius 1 is 1.37 bits per heavy atom. The monoisotopic (exact) mass is 263 g/mol. The minimum Gasteiger partial charge on any atom is -0.316 e. The summed E-state index contributed by atoms with van der Waals surface area (Å²) in [4.78, 5) is 0. The molecule has 3 heteroatoms. The molecular formula is C16H29N3. The highest BCUT2D eigenvalue weighted by Crippen LogP contribution is 2.28. The predicted molar refractivity (Wildman–Crippen MR) is 80.4 cm³/mol. The summed E-state index contributed by atoms with van der Waals surface area (Å²) >= 11 is 0. The van der Waals surface area contributed by atoms with Gasteiger partial charge in [-0.15, -0.1) is 0 Å². The Hall–Kier alpha value is -0.830. The molecule has 1 N–H and O–H groups in total. The maximum absolute atomic E-state index is 4.80. The van der Waals surface area contributed by atoms with Crippen LogP contribution in [0, 0.1) is 5.92 Å². The molecule has 1 heterocycles. The van der Waals surface area contributed by atoms with Crippen molar-refractivity contribution >= 4 is 0 Å². The van der Waals surface area contributed by atoms with Gasteiger partial charge in [0, 0.05) is 6.20 Å². The van der Waals surface area contributed by atoms with Crippen LogP contribution >= 0.6 is 0 Å². The predicted octanol–water partition coefficient (Wildman–Crippen LogP) is 3.57. The number of rotatable bonds is 8. The molecule has 0 spiro atoms. The van der Waals surface area contributed by atoms with Crippen LogP contribution in [-0.2, 0) is 6.42 Å². The van der Waals surface area contributed by atoms with E-state index in [9.17, 15) is 0 Å². The van der Waals surface area contributed by atoms with Crippen LogP contribution in [0.15, 0.2) is 12.3 Å². The van der Waals surface area contributed by atoms with Crippen molar-refractivity contribution in [3.63, 3.8) is 0 Å². The van der Waals surface area contributed by atoms with E-state index in [2.05, 4.69) is 36.1 Å². The van der Waals surface area contributed by atoms with Gasteiger partial charge in [-0.1, -0.05) is 33.1 Å². The first-order valence-electron chi connectivity index (χ1n) is 8.08. The maximum Gasteiger partial charge on any atom is 0.0627 e. The Morgan fingerprint density at radius 3 is 2.84 bits per heavy atom. The van der Waals surface area contributed by atoms with Gasteiger partial charge in [-0.05, 0) is 50.8 Å². The van der Waals surface area contributed by atoms with E-state index in [0.717, 1.165) is 25.4 Å². The average Bonchev–Trinajstić information content (AvgIpc) is 3.08. The Labute approximate surface area is 117 Å². The molecule has 0 bridgehead atoms. The van der Waals surface area contributed by atoms with Crippen molar-refractivity contribution in [3.8, 4) is 0 Å². The van der Waals surface area contributed by atoms with Crippen LogP contribution in [0.3, 0.4) is 0 Å². The molecule has 1 saturated carbocycles. The summed E-state index contributed by atoms with van der Waals surface area (Å²) in [6.45, 7) is 6.76. The van der Waals surface area contributed by atoms with Crippen LogP contribution in [-0.4, -0.2) is 22.9 Å². The van der Waals surface area contributed by atoms with E-state index in [1.165, 1.54) is 44.2 Å². The molecule has 0 radical (unpaired) electrons. The molecule has 2 rings (SSSR count). The van der Waals surface area contributed by atoms with E-state index in [1.54, 1.807) is 0 Å². The van der Waals surface area contributed by atoms with Crippen LogP contribution in [0.25, 0.3) is 0 Å². The second-order valence-electron chi connectivity index (χ2n) is 5.91. The first kappa shape index (κ1) is 14.6. The third-order valence-electron chi connectivity index (χ3n) is 4.30. The zero-order chi connectivity index (χ0) is 13.5. The fourth-order valence-electron chi connectivity index (χ4n) is 3.00. The molecule has 1 atom stereocenters. The van der Waals surface area contributed by atoms with Gasteiger partial charge in [-0.25, -0.2) is 0 Å². The number of hydrogen-bond donors (Lipinski definition) is 1. The van der Waals surface area contributed by atoms with Gasteiger partial charge in [-0.2, -0.15) is 5.10 Å². The smallest absolute Gasteiger partial charge is 0.0627 e. The maximum atomic E-state index is 4.80. The highest BCUT2D eigenvalue weighted by molar-refractivity contribution is 5.01. The normalized spacial score (nSPS) is 18.0. The lowest BCUT2D eigenvalue weighted by Gasteiger charge is -2.14. The molecule has 1 aliphatic rings. The largest absolute Gasteiger partial charge is 0.316 e. The zero-order valence-electron chi connectivity index (χ0n) is 12.6. The highest BCUT2D eigenvalue weighted by Gasteiger charge is 2.18. The van der Waals surface area contributed by atoms with Crippen molar-refractivity contribution in [1.29, 1.82) is 0 Å². The summed E-state index contributed by atoms with van der Waals surface area (Å²) in [5.41, 5.74) is 1.28. The number of aromatic nitrogens is 2. The third kappa shape index (κ3) is 4.34. The lowest BCUT2D eigenvalue weighted by Crippen LogP contribution is -2.24. The summed E-state index contributed by atoms with van der Waals surface area (Å²) in [6, 6.07) is 2.90. The zero-order valence-corrected chi connectivity index (χ0v) is 12.6. The first-order chi connectivity index (χ1) is 9.33. The van der Waals surface area contributed by atoms with Crippen LogP contribution in [0.1, 0.15) is 64.1 Å². The molecular weight excluding hydrogens is 234 g/mol. The van der Waals surface area contributed by atoms with E-state index in [1.807, 2.05) is 0 Å². The Bertz CT molecular complexity index is 353. The molecule has 0 saturated heterocycles.